The summed E-state index contributed by atoms with van der Waals surface area (Å²) in [6.45, 7) is 2.27. The molecule has 0 bridgehead atoms. The number of hydrogen-bond donors (Lipinski definition) is 1. The molecule has 1 aromatic carbocycles. The molecule has 0 spiro atoms. The van der Waals surface area contributed by atoms with E-state index in [2.05, 4.69) is 4.90 Å². The summed E-state index contributed by atoms with van der Waals surface area (Å²) in [5.41, 5.74) is 5.98. The molecule has 0 saturated carbocycles. The SMILES string of the molecule is NCC1CCCN1Cc1ccc(C(F)(F)F)cc1. The molecule has 100 valence electrons. The lowest BCUT2D eigenvalue weighted by atomic mass is 10.1. The minimum atomic E-state index is -4.26. The second-order valence-electron chi connectivity index (χ2n) is 4.70. The van der Waals surface area contributed by atoms with Crippen molar-refractivity contribution in [2.45, 2.75) is 31.6 Å². The van der Waals surface area contributed by atoms with Gasteiger partial charge < -0.3 is 5.73 Å². The lowest BCUT2D eigenvalue weighted by molar-refractivity contribution is -0.137. The molecule has 5 heteroatoms. The molecule has 0 aromatic heterocycles. The lowest BCUT2D eigenvalue weighted by Gasteiger charge is -2.23. The van der Waals surface area contributed by atoms with Crippen molar-refractivity contribution in [1.82, 2.24) is 4.90 Å². The van der Waals surface area contributed by atoms with Crippen molar-refractivity contribution in [3.63, 3.8) is 0 Å². The number of nitrogens with two attached hydrogens (primary N) is 1. The third kappa shape index (κ3) is 3.03. The van der Waals surface area contributed by atoms with Crippen molar-refractivity contribution in [1.29, 1.82) is 0 Å². The number of benzene rings is 1. The molecule has 2 rings (SSSR count). The lowest BCUT2D eigenvalue weighted by Crippen LogP contribution is -2.34. The summed E-state index contributed by atoms with van der Waals surface area (Å²) < 4.78 is 37.2. The first-order valence-corrected chi connectivity index (χ1v) is 6.11. The first-order valence-electron chi connectivity index (χ1n) is 6.11. The maximum atomic E-state index is 12.4. The van der Waals surface area contributed by atoms with Crippen molar-refractivity contribution in [3.05, 3.63) is 35.4 Å². The van der Waals surface area contributed by atoms with Crippen LogP contribution in [0.15, 0.2) is 24.3 Å². The first-order chi connectivity index (χ1) is 8.50. The molecule has 1 fully saturated rings. The molecule has 2 N–H and O–H groups in total. The molecule has 1 atom stereocenters. The number of rotatable bonds is 3. The van der Waals surface area contributed by atoms with Gasteiger partial charge in [0.1, 0.15) is 0 Å². The first kappa shape index (κ1) is 13.4. The highest BCUT2D eigenvalue weighted by Crippen LogP contribution is 2.29. The number of alkyl halides is 3. The molecule has 1 heterocycles. The largest absolute Gasteiger partial charge is 0.416 e. The fourth-order valence-corrected chi connectivity index (χ4v) is 2.40. The molecule has 1 aliphatic rings. The van der Waals surface area contributed by atoms with E-state index >= 15 is 0 Å². The Labute approximate surface area is 105 Å². The van der Waals surface area contributed by atoms with Gasteiger partial charge in [0, 0.05) is 19.1 Å². The molecular formula is C13H17F3N2. The van der Waals surface area contributed by atoms with E-state index in [9.17, 15) is 13.2 Å². The zero-order valence-corrected chi connectivity index (χ0v) is 10.1. The van der Waals surface area contributed by atoms with Gasteiger partial charge in [-0.2, -0.15) is 13.2 Å². The van der Waals surface area contributed by atoms with Gasteiger partial charge in [0.25, 0.3) is 0 Å². The zero-order valence-electron chi connectivity index (χ0n) is 10.1. The molecule has 0 aliphatic carbocycles. The molecule has 1 aromatic rings. The van der Waals surface area contributed by atoms with Gasteiger partial charge in [-0.05, 0) is 37.1 Å². The Balaban J connectivity index is 2.02. The zero-order chi connectivity index (χ0) is 13.2. The van der Waals surface area contributed by atoms with E-state index in [1.807, 2.05) is 0 Å². The Bertz CT molecular complexity index is 386. The van der Waals surface area contributed by atoms with Crippen molar-refractivity contribution < 1.29 is 13.2 Å². The number of halogens is 3. The van der Waals surface area contributed by atoms with Crippen LogP contribution in [0, 0.1) is 0 Å². The highest BCUT2D eigenvalue weighted by molar-refractivity contribution is 5.24. The predicted molar refractivity (Wildman–Crippen MR) is 63.9 cm³/mol. The van der Waals surface area contributed by atoms with E-state index in [4.69, 9.17) is 5.73 Å². The highest BCUT2D eigenvalue weighted by atomic mass is 19.4. The van der Waals surface area contributed by atoms with Gasteiger partial charge in [0.05, 0.1) is 5.56 Å². The minimum absolute atomic E-state index is 0.368. The average molecular weight is 258 g/mol. The summed E-state index contributed by atoms with van der Waals surface area (Å²) in [6, 6.07) is 5.75. The summed E-state index contributed by atoms with van der Waals surface area (Å²) in [5, 5.41) is 0. The van der Waals surface area contributed by atoms with E-state index in [-0.39, 0.29) is 0 Å². The Morgan fingerprint density at radius 1 is 1.22 bits per heavy atom. The number of nitrogens with zero attached hydrogens (tertiary/aromatic N) is 1. The summed E-state index contributed by atoms with van der Waals surface area (Å²) in [6.07, 6.45) is -2.06. The molecule has 1 aliphatic heterocycles. The van der Waals surface area contributed by atoms with E-state index in [1.165, 1.54) is 0 Å². The Morgan fingerprint density at radius 3 is 2.44 bits per heavy atom. The summed E-state index contributed by atoms with van der Waals surface area (Å²) in [7, 11) is 0. The van der Waals surface area contributed by atoms with Crippen LogP contribution in [0.25, 0.3) is 0 Å². The van der Waals surface area contributed by atoms with E-state index in [0.29, 0.717) is 19.1 Å². The molecule has 2 nitrogen and oxygen atoms in total. The van der Waals surface area contributed by atoms with Crippen LogP contribution < -0.4 is 5.73 Å². The van der Waals surface area contributed by atoms with Crippen molar-refractivity contribution in [2.24, 2.45) is 5.73 Å². The number of likely N-dealkylation sites (tertiary alicyclic amines) is 1. The van der Waals surface area contributed by atoms with Crippen LogP contribution >= 0.6 is 0 Å². The van der Waals surface area contributed by atoms with Crippen molar-refractivity contribution >= 4 is 0 Å². The topological polar surface area (TPSA) is 29.3 Å². The van der Waals surface area contributed by atoms with Crippen molar-refractivity contribution in [3.8, 4) is 0 Å². The second-order valence-corrected chi connectivity index (χ2v) is 4.70. The van der Waals surface area contributed by atoms with Gasteiger partial charge in [0.2, 0.25) is 0 Å². The van der Waals surface area contributed by atoms with Gasteiger partial charge in [0.15, 0.2) is 0 Å². The van der Waals surface area contributed by atoms with Crippen LogP contribution in [-0.4, -0.2) is 24.0 Å². The molecule has 0 radical (unpaired) electrons. The van der Waals surface area contributed by atoms with Crippen LogP contribution in [0.1, 0.15) is 24.0 Å². The van der Waals surface area contributed by atoms with Gasteiger partial charge >= 0.3 is 6.18 Å². The van der Waals surface area contributed by atoms with E-state index in [1.54, 1.807) is 12.1 Å². The average Bonchev–Trinajstić information content (AvgIpc) is 2.76. The van der Waals surface area contributed by atoms with Gasteiger partial charge in [-0.25, -0.2) is 0 Å². The van der Waals surface area contributed by atoms with Gasteiger partial charge in [-0.15, -0.1) is 0 Å². The van der Waals surface area contributed by atoms with Crippen LogP contribution in [0.5, 0.6) is 0 Å². The van der Waals surface area contributed by atoms with Crippen molar-refractivity contribution in [2.75, 3.05) is 13.1 Å². The summed E-state index contributed by atoms with van der Waals surface area (Å²) in [5.74, 6) is 0. The number of hydrogen-bond acceptors (Lipinski definition) is 2. The summed E-state index contributed by atoms with van der Waals surface area (Å²) >= 11 is 0. The fraction of sp³-hybridized carbons (Fsp3) is 0.538. The molecule has 18 heavy (non-hydrogen) atoms. The van der Waals surface area contributed by atoms with Crippen LogP contribution in [0.4, 0.5) is 13.2 Å². The van der Waals surface area contributed by atoms with E-state index in [0.717, 1.165) is 37.1 Å². The second kappa shape index (κ2) is 5.28. The molecular weight excluding hydrogens is 241 g/mol. The predicted octanol–water partition coefficient (Wildman–Crippen LogP) is 2.63. The molecule has 1 unspecified atom stereocenters. The Kier molecular flexibility index (Phi) is 3.92. The third-order valence-electron chi connectivity index (χ3n) is 3.44. The normalized spacial score (nSPS) is 21.4. The molecule has 1 saturated heterocycles. The quantitative estimate of drug-likeness (QED) is 0.903. The Morgan fingerprint density at radius 2 is 1.89 bits per heavy atom. The monoisotopic (exact) mass is 258 g/mol. The van der Waals surface area contributed by atoms with Crippen LogP contribution in [0.3, 0.4) is 0 Å². The van der Waals surface area contributed by atoms with Crippen LogP contribution in [-0.2, 0) is 12.7 Å². The molecule has 0 amide bonds. The maximum Gasteiger partial charge on any atom is 0.416 e. The van der Waals surface area contributed by atoms with E-state index < -0.39 is 11.7 Å². The smallest absolute Gasteiger partial charge is 0.329 e. The van der Waals surface area contributed by atoms with Crippen LogP contribution in [0.2, 0.25) is 0 Å². The standard InChI is InChI=1S/C13H17F3N2/c14-13(15,16)11-5-3-10(4-6-11)9-18-7-1-2-12(18)8-17/h3-6,12H,1-2,7-9,17H2. The van der Waals surface area contributed by atoms with Gasteiger partial charge in [-0.3, -0.25) is 4.90 Å². The third-order valence-corrected chi connectivity index (χ3v) is 3.44. The Hall–Kier alpha value is -1.07. The summed E-state index contributed by atoms with van der Waals surface area (Å²) in [4.78, 5) is 2.24. The van der Waals surface area contributed by atoms with Gasteiger partial charge in [-0.1, -0.05) is 12.1 Å². The fourth-order valence-electron chi connectivity index (χ4n) is 2.40. The minimum Gasteiger partial charge on any atom is -0.329 e. The maximum absolute atomic E-state index is 12.4. The highest BCUT2D eigenvalue weighted by Gasteiger charge is 2.30.